The van der Waals surface area contributed by atoms with E-state index in [1.54, 1.807) is 0 Å². The monoisotopic (exact) mass is 1110 g/mol. The SMILES string of the molecule is CCCCCCCCCCCCCC1(CC(=O)SCCNC(=O)CCNC(=O)[C@H](O)C(C)(C)COP(=O)(O)OP(=O)(O)OC[C@H]2O[C@@H](n3cnc4c(N)ncnc43)[C@H](O)[C@@H]2OP(=O)(O)O)OCC(C)(C)CO1. The predicted molar refractivity (Wildman–Crippen MR) is 261 cm³/mol. The Bertz CT molecular complexity index is 2210. The van der Waals surface area contributed by atoms with Crippen molar-refractivity contribution in [3.8, 4) is 0 Å². The minimum absolute atomic E-state index is 0.0293. The van der Waals surface area contributed by atoms with Crippen LogP contribution in [0, 0.1) is 10.8 Å². The average molecular weight is 1110 g/mol. The van der Waals surface area contributed by atoms with Gasteiger partial charge in [0.25, 0.3) is 0 Å². The van der Waals surface area contributed by atoms with Gasteiger partial charge in [-0.2, -0.15) is 4.31 Å². The molecule has 4 rings (SSSR count). The Kier molecular flexibility index (Phi) is 24.1. The lowest BCUT2D eigenvalue weighted by Gasteiger charge is -2.43. The summed E-state index contributed by atoms with van der Waals surface area (Å²) >= 11 is 1.06. The Morgan fingerprint density at radius 3 is 2.15 bits per heavy atom. The first-order valence-corrected chi connectivity index (χ1v) is 29.5. The first kappa shape index (κ1) is 62.0. The fourth-order valence-corrected chi connectivity index (χ4v) is 11.3. The molecule has 2 unspecified atom stereocenters. The number of nitrogens with zero attached hydrogens (tertiary/aromatic N) is 4. The number of ether oxygens (including phenoxy) is 3. The maximum absolute atomic E-state index is 13.1. The van der Waals surface area contributed by atoms with Crippen LogP contribution < -0.4 is 16.4 Å². The number of nitrogens with two attached hydrogens (primary N) is 1. The average Bonchev–Trinajstić information content (AvgIpc) is 3.86. The van der Waals surface area contributed by atoms with Gasteiger partial charge in [0.05, 0.1) is 39.2 Å². The van der Waals surface area contributed by atoms with Gasteiger partial charge in [-0.1, -0.05) is 111 Å². The van der Waals surface area contributed by atoms with Gasteiger partial charge in [-0.3, -0.25) is 32.5 Å². The highest BCUT2D eigenvalue weighted by atomic mass is 32.2. The quantitative estimate of drug-likeness (QED) is 0.0350. The summed E-state index contributed by atoms with van der Waals surface area (Å²) in [6.07, 6.45) is 6.93. The summed E-state index contributed by atoms with van der Waals surface area (Å²) in [4.78, 5) is 89.8. The van der Waals surface area contributed by atoms with Crippen LogP contribution in [-0.4, -0.2) is 142 Å². The van der Waals surface area contributed by atoms with Gasteiger partial charge >= 0.3 is 23.5 Å². The number of unbranched alkanes of at least 4 members (excludes halogenated alkanes) is 10. The third kappa shape index (κ3) is 20.5. The van der Waals surface area contributed by atoms with Crippen molar-refractivity contribution in [3.63, 3.8) is 0 Å². The van der Waals surface area contributed by atoms with Crippen molar-refractivity contribution in [1.29, 1.82) is 0 Å². The summed E-state index contributed by atoms with van der Waals surface area (Å²) in [6, 6.07) is 0. The summed E-state index contributed by atoms with van der Waals surface area (Å²) in [5, 5.41) is 26.6. The van der Waals surface area contributed by atoms with E-state index in [9.17, 15) is 57.9 Å². The summed E-state index contributed by atoms with van der Waals surface area (Å²) in [7, 11) is -16.5. The Hall–Kier alpha value is -2.52. The number of carbonyl (C=O) groups excluding carboxylic acids is 3. The number of rotatable bonds is 33. The summed E-state index contributed by atoms with van der Waals surface area (Å²) < 4.78 is 75.1. The van der Waals surface area contributed by atoms with Crippen LogP contribution in [-0.2, 0) is 60.2 Å². The molecule has 26 nitrogen and oxygen atoms in total. The molecule has 2 aromatic heterocycles. The Morgan fingerprint density at radius 1 is 0.917 bits per heavy atom. The first-order valence-electron chi connectivity index (χ1n) is 24.0. The van der Waals surface area contributed by atoms with Crippen LogP contribution in [0.2, 0.25) is 0 Å². The predicted octanol–water partition coefficient (Wildman–Crippen LogP) is 4.53. The molecular weight excluding hydrogens is 1030 g/mol. The maximum Gasteiger partial charge on any atom is 0.481 e. The van der Waals surface area contributed by atoms with Crippen LogP contribution in [0.4, 0.5) is 5.82 Å². The van der Waals surface area contributed by atoms with E-state index in [1.165, 1.54) is 65.2 Å². The van der Waals surface area contributed by atoms with Crippen molar-refractivity contribution in [2.75, 3.05) is 51.0 Å². The lowest BCUT2D eigenvalue weighted by atomic mass is 9.87. The van der Waals surface area contributed by atoms with Crippen molar-refractivity contribution >= 4 is 69.1 Å². The largest absolute Gasteiger partial charge is 0.481 e. The number of aromatic nitrogens is 4. The molecule has 412 valence electrons. The normalized spacial score (nSPS) is 22.3. The van der Waals surface area contributed by atoms with E-state index in [0.717, 1.165) is 48.2 Å². The van der Waals surface area contributed by atoms with Gasteiger partial charge in [0.1, 0.15) is 36.3 Å². The van der Waals surface area contributed by atoms with Crippen molar-refractivity contribution in [1.82, 2.24) is 30.2 Å². The van der Waals surface area contributed by atoms with Gasteiger partial charge in [0.2, 0.25) is 11.8 Å². The number of hydrogen-bond donors (Lipinski definition) is 9. The number of thioether (sulfide) groups is 1. The molecule has 2 aliphatic heterocycles. The number of phosphoric ester groups is 3. The topological polar surface area (TPSA) is 382 Å². The van der Waals surface area contributed by atoms with Gasteiger partial charge in [0, 0.05) is 42.5 Å². The molecule has 10 N–H and O–H groups in total. The number of aliphatic hydroxyl groups is 2. The molecule has 2 saturated heterocycles. The fraction of sp³-hybridized carbons (Fsp3) is 0.810. The van der Waals surface area contributed by atoms with Crippen molar-refractivity contribution < 1.29 is 90.0 Å². The van der Waals surface area contributed by atoms with E-state index < -0.39 is 90.3 Å². The van der Waals surface area contributed by atoms with Gasteiger partial charge < -0.3 is 60.4 Å². The molecule has 0 spiro atoms. The number of hydrogen-bond acceptors (Lipinski definition) is 20. The zero-order valence-electron chi connectivity index (χ0n) is 41.5. The van der Waals surface area contributed by atoms with Gasteiger partial charge in [-0.25, -0.2) is 28.6 Å². The first-order chi connectivity index (χ1) is 33.7. The lowest BCUT2D eigenvalue weighted by molar-refractivity contribution is -0.300. The molecular formula is C42H74N7O19P3S. The molecule has 7 atom stereocenters. The third-order valence-electron chi connectivity index (χ3n) is 11.8. The molecule has 0 radical (unpaired) electrons. The lowest BCUT2D eigenvalue weighted by Crippen LogP contribution is -2.48. The van der Waals surface area contributed by atoms with Crippen LogP contribution in [0.25, 0.3) is 11.2 Å². The number of aliphatic hydroxyl groups excluding tert-OH is 2. The van der Waals surface area contributed by atoms with E-state index in [2.05, 4.69) is 41.3 Å². The van der Waals surface area contributed by atoms with E-state index >= 15 is 0 Å². The van der Waals surface area contributed by atoms with E-state index in [0.29, 0.717) is 19.6 Å². The van der Waals surface area contributed by atoms with Crippen LogP contribution in [0.1, 0.15) is 131 Å². The van der Waals surface area contributed by atoms with Crippen LogP contribution in [0.5, 0.6) is 0 Å². The van der Waals surface area contributed by atoms with Gasteiger partial charge in [-0.15, -0.1) is 0 Å². The second-order valence-electron chi connectivity index (χ2n) is 19.4. The molecule has 4 heterocycles. The highest BCUT2D eigenvalue weighted by Crippen LogP contribution is 2.61. The Labute approximate surface area is 423 Å². The third-order valence-corrected chi connectivity index (χ3v) is 15.8. The minimum Gasteiger partial charge on any atom is -0.386 e. The molecule has 0 saturated carbocycles. The highest BCUT2D eigenvalue weighted by molar-refractivity contribution is 8.13. The van der Waals surface area contributed by atoms with Crippen molar-refractivity contribution in [2.24, 2.45) is 10.8 Å². The number of fused-ring (bicyclic) bond motifs is 1. The molecule has 0 aliphatic carbocycles. The van der Waals surface area contributed by atoms with Crippen LogP contribution in [0.3, 0.4) is 0 Å². The Balaban J connectivity index is 1.15. The number of phosphoric acid groups is 3. The molecule has 2 fully saturated rings. The second-order valence-corrected chi connectivity index (χ2v) is 24.8. The Morgan fingerprint density at radius 2 is 1.53 bits per heavy atom. The molecule has 72 heavy (non-hydrogen) atoms. The summed E-state index contributed by atoms with van der Waals surface area (Å²) in [5.74, 6) is -2.17. The standard InChI is InChI=1S/C42H74N7O19P3S/c1-6-7-8-9-10-11-12-13-14-15-16-18-42(62-24-40(2,3)25-63-42)22-31(51)72-21-20-44-30(50)17-19-45-38(54)35(53)41(4,5)26-65-71(60,61)68-70(58,59)64-23-29-34(67-69(55,56)57)33(52)39(66-29)49-28-48-32-36(43)46-27-47-37(32)49/h27-29,33-35,39,52-53H,6-26H2,1-5H3,(H,44,50)(H,45,54)(H,58,59)(H,60,61)(H2,43,46,47)(H2,55,56,57)/t29-,33-,34-,35+,39-/m1/s1. The van der Waals surface area contributed by atoms with Crippen LogP contribution in [0.15, 0.2) is 12.7 Å². The molecule has 2 aliphatic rings. The summed E-state index contributed by atoms with van der Waals surface area (Å²) in [6.45, 7) is 7.70. The number of imidazole rings is 1. The zero-order valence-corrected chi connectivity index (χ0v) is 45.0. The van der Waals surface area contributed by atoms with Crippen molar-refractivity contribution in [2.45, 2.75) is 161 Å². The molecule has 0 aromatic carbocycles. The smallest absolute Gasteiger partial charge is 0.386 e. The van der Waals surface area contributed by atoms with Crippen molar-refractivity contribution in [3.05, 3.63) is 12.7 Å². The maximum atomic E-state index is 13.1. The molecule has 0 bridgehead atoms. The van der Waals surface area contributed by atoms with Gasteiger partial charge in [-0.05, 0) is 6.42 Å². The highest BCUT2D eigenvalue weighted by Gasteiger charge is 2.50. The molecule has 30 heteroatoms. The number of carbonyl (C=O) groups is 3. The second kappa shape index (κ2) is 28.0. The molecule has 2 amide bonds. The van der Waals surface area contributed by atoms with Crippen LogP contribution >= 0.6 is 35.2 Å². The van der Waals surface area contributed by atoms with E-state index in [4.69, 9.17) is 29.0 Å². The zero-order chi connectivity index (χ0) is 53.4. The number of nitrogen functional groups attached to an aromatic ring is 1. The van der Waals surface area contributed by atoms with Gasteiger partial charge in [0.15, 0.2) is 28.6 Å². The number of anilines is 1. The summed E-state index contributed by atoms with van der Waals surface area (Å²) in [5.41, 5.74) is 4.10. The number of nitrogens with one attached hydrogen (secondary N) is 2. The minimum atomic E-state index is -5.59. The number of amides is 2. The fourth-order valence-electron chi connectivity index (χ4n) is 7.70. The van der Waals surface area contributed by atoms with E-state index in [-0.39, 0.29) is 59.2 Å². The van der Waals surface area contributed by atoms with E-state index in [1.807, 2.05) is 13.8 Å². The molecule has 2 aromatic rings.